The van der Waals surface area contributed by atoms with Crippen molar-refractivity contribution in [2.45, 2.75) is 31.1 Å². The summed E-state index contributed by atoms with van der Waals surface area (Å²) < 4.78 is 38.1. The van der Waals surface area contributed by atoms with Gasteiger partial charge in [-0.25, -0.2) is 9.97 Å². The SMILES string of the molecule is O=C(c1ccccc1-n1nccn1)N1C[C@@H]2C[C@@H](Nc3cnc(C(F)(F)F)cn3)[C@@H]1C2. The van der Waals surface area contributed by atoms with Crippen LogP contribution in [0.4, 0.5) is 19.0 Å². The van der Waals surface area contributed by atoms with Crippen molar-refractivity contribution in [1.82, 2.24) is 29.9 Å². The Hall–Kier alpha value is -3.50. The van der Waals surface area contributed by atoms with Gasteiger partial charge in [-0.3, -0.25) is 4.79 Å². The molecule has 2 bridgehead atoms. The molecule has 0 unspecified atom stereocenters. The number of piperidine rings is 1. The van der Waals surface area contributed by atoms with Crippen molar-refractivity contribution in [3.8, 4) is 5.69 Å². The van der Waals surface area contributed by atoms with Crippen molar-refractivity contribution in [3.05, 3.63) is 60.3 Å². The van der Waals surface area contributed by atoms with E-state index >= 15 is 0 Å². The Bertz CT molecular complexity index is 1080. The highest BCUT2D eigenvalue weighted by atomic mass is 19.4. The molecule has 1 amide bonds. The standard InChI is InChI=1S/C20H18F3N7O/c21-20(22,23)17-9-25-18(10-24-17)28-14-7-12-8-16(14)29(11-12)19(31)13-3-1-2-4-15(13)30-26-5-6-27-30/h1-6,9-10,12,14,16H,7-8,11H2,(H,25,28)/t12-,14-,16+/m1/s1. The maximum absolute atomic E-state index is 13.4. The monoisotopic (exact) mass is 429 g/mol. The highest BCUT2D eigenvalue weighted by Crippen LogP contribution is 2.40. The number of nitrogens with one attached hydrogen (secondary N) is 1. The average molecular weight is 429 g/mol. The van der Waals surface area contributed by atoms with E-state index in [1.54, 1.807) is 30.6 Å². The number of aromatic nitrogens is 5. The van der Waals surface area contributed by atoms with Crippen LogP contribution in [0.25, 0.3) is 5.69 Å². The van der Waals surface area contributed by atoms with Crippen LogP contribution in [-0.2, 0) is 6.18 Å². The largest absolute Gasteiger partial charge is 0.434 e. The zero-order valence-electron chi connectivity index (χ0n) is 16.2. The van der Waals surface area contributed by atoms with Crippen molar-refractivity contribution in [1.29, 1.82) is 0 Å². The number of hydrogen-bond acceptors (Lipinski definition) is 6. The Morgan fingerprint density at radius 1 is 1.06 bits per heavy atom. The average Bonchev–Trinajstić information content (AvgIpc) is 3.50. The number of rotatable bonds is 4. The third-order valence-electron chi connectivity index (χ3n) is 5.79. The first-order chi connectivity index (χ1) is 14.9. The fourth-order valence-corrected chi connectivity index (χ4v) is 4.48. The molecule has 8 nitrogen and oxygen atoms in total. The molecule has 11 heteroatoms. The van der Waals surface area contributed by atoms with Crippen LogP contribution in [0.1, 0.15) is 28.9 Å². The normalized spacial score (nSPS) is 22.7. The predicted octanol–water partition coefficient (Wildman–Crippen LogP) is 2.79. The Balaban J connectivity index is 1.35. The van der Waals surface area contributed by atoms with Gasteiger partial charge in [0.25, 0.3) is 5.91 Å². The highest BCUT2D eigenvalue weighted by Gasteiger charge is 2.47. The molecule has 1 saturated heterocycles. The van der Waals surface area contributed by atoms with E-state index in [1.165, 1.54) is 4.80 Å². The molecule has 1 aromatic carbocycles. The Kier molecular flexibility index (Phi) is 4.60. The van der Waals surface area contributed by atoms with Crippen molar-refractivity contribution in [2.24, 2.45) is 5.92 Å². The minimum atomic E-state index is -4.53. The van der Waals surface area contributed by atoms with Crippen molar-refractivity contribution in [2.75, 3.05) is 11.9 Å². The molecule has 0 spiro atoms. The van der Waals surface area contributed by atoms with Crippen LogP contribution in [0.5, 0.6) is 0 Å². The molecular weight excluding hydrogens is 411 g/mol. The lowest BCUT2D eigenvalue weighted by Gasteiger charge is -2.34. The number of amides is 1. The maximum Gasteiger partial charge on any atom is 0.434 e. The summed E-state index contributed by atoms with van der Waals surface area (Å²) in [6.45, 7) is 0.640. The first-order valence-electron chi connectivity index (χ1n) is 9.82. The van der Waals surface area contributed by atoms with E-state index < -0.39 is 11.9 Å². The van der Waals surface area contributed by atoms with Crippen molar-refractivity contribution in [3.63, 3.8) is 0 Å². The summed E-state index contributed by atoms with van der Waals surface area (Å²) in [5, 5.41) is 11.4. The van der Waals surface area contributed by atoms with Gasteiger partial charge in [0.1, 0.15) is 5.82 Å². The van der Waals surface area contributed by atoms with Gasteiger partial charge in [0.15, 0.2) is 5.69 Å². The second kappa shape index (κ2) is 7.33. The fourth-order valence-electron chi connectivity index (χ4n) is 4.48. The molecule has 2 fully saturated rings. The molecule has 3 atom stereocenters. The molecule has 5 rings (SSSR count). The molecule has 160 valence electrons. The van der Waals surface area contributed by atoms with E-state index in [1.807, 2.05) is 11.0 Å². The van der Waals surface area contributed by atoms with Gasteiger partial charge in [0.05, 0.1) is 42.1 Å². The molecule has 1 N–H and O–H groups in total. The van der Waals surface area contributed by atoms with Crippen molar-refractivity contribution < 1.29 is 18.0 Å². The van der Waals surface area contributed by atoms with Gasteiger partial charge in [-0.2, -0.15) is 28.2 Å². The molecule has 3 heterocycles. The lowest BCUT2D eigenvalue weighted by Crippen LogP contribution is -2.48. The third kappa shape index (κ3) is 3.60. The highest BCUT2D eigenvalue weighted by molar-refractivity contribution is 5.98. The van der Waals surface area contributed by atoms with E-state index in [9.17, 15) is 18.0 Å². The van der Waals surface area contributed by atoms with Gasteiger partial charge >= 0.3 is 6.18 Å². The Morgan fingerprint density at radius 3 is 2.52 bits per heavy atom. The number of benzene rings is 1. The van der Waals surface area contributed by atoms with Crippen molar-refractivity contribution >= 4 is 11.7 Å². The second-order valence-corrected chi connectivity index (χ2v) is 7.73. The summed E-state index contributed by atoms with van der Waals surface area (Å²) in [6.07, 6.45) is 2.01. The van der Waals surface area contributed by atoms with E-state index in [-0.39, 0.29) is 23.8 Å². The van der Waals surface area contributed by atoms with E-state index in [0.29, 0.717) is 29.9 Å². The van der Waals surface area contributed by atoms with Crippen LogP contribution in [-0.4, -0.2) is 54.4 Å². The number of nitrogens with zero attached hydrogens (tertiary/aromatic N) is 6. The van der Waals surface area contributed by atoms with Crippen LogP contribution in [0, 0.1) is 5.92 Å². The van der Waals surface area contributed by atoms with Gasteiger partial charge in [-0.05, 0) is 30.9 Å². The molecule has 2 aliphatic rings. The number of hydrogen-bond donors (Lipinski definition) is 1. The van der Waals surface area contributed by atoms with Gasteiger partial charge in [-0.1, -0.05) is 12.1 Å². The zero-order chi connectivity index (χ0) is 21.6. The summed E-state index contributed by atoms with van der Waals surface area (Å²) in [7, 11) is 0. The number of fused-ring (bicyclic) bond motifs is 2. The number of para-hydroxylation sites is 1. The second-order valence-electron chi connectivity index (χ2n) is 7.73. The number of carbonyl (C=O) groups excluding carboxylic acids is 1. The number of anilines is 1. The van der Waals surface area contributed by atoms with Crippen LogP contribution < -0.4 is 5.32 Å². The molecule has 2 aromatic heterocycles. The van der Waals surface area contributed by atoms with Crippen LogP contribution >= 0.6 is 0 Å². The van der Waals surface area contributed by atoms with Crippen LogP contribution in [0.2, 0.25) is 0 Å². The molecule has 1 aliphatic heterocycles. The summed E-state index contributed by atoms with van der Waals surface area (Å²) >= 11 is 0. The predicted molar refractivity (Wildman–Crippen MR) is 103 cm³/mol. The molecular formula is C20H18F3N7O. The molecule has 1 saturated carbocycles. The minimum absolute atomic E-state index is 0.0831. The van der Waals surface area contributed by atoms with Gasteiger partial charge in [0.2, 0.25) is 0 Å². The topological polar surface area (TPSA) is 88.8 Å². The molecule has 0 radical (unpaired) electrons. The first-order valence-corrected chi connectivity index (χ1v) is 9.82. The van der Waals surface area contributed by atoms with E-state index in [2.05, 4.69) is 25.5 Å². The molecule has 3 aromatic rings. The van der Waals surface area contributed by atoms with Gasteiger partial charge in [-0.15, -0.1) is 0 Å². The van der Waals surface area contributed by atoms with E-state index in [4.69, 9.17) is 0 Å². The van der Waals surface area contributed by atoms with Crippen LogP contribution in [0.3, 0.4) is 0 Å². The summed E-state index contributed by atoms with van der Waals surface area (Å²) in [5.74, 6) is 0.466. The minimum Gasteiger partial charge on any atom is -0.364 e. The van der Waals surface area contributed by atoms with Gasteiger partial charge in [0, 0.05) is 12.6 Å². The smallest absolute Gasteiger partial charge is 0.364 e. The molecule has 1 aliphatic carbocycles. The third-order valence-corrected chi connectivity index (χ3v) is 5.79. The summed E-state index contributed by atoms with van der Waals surface area (Å²) in [6, 6.07) is 6.96. The molecule has 31 heavy (non-hydrogen) atoms. The Morgan fingerprint density at radius 2 is 1.84 bits per heavy atom. The van der Waals surface area contributed by atoms with Gasteiger partial charge < -0.3 is 10.2 Å². The Labute approximate surface area is 175 Å². The fraction of sp³-hybridized carbons (Fsp3) is 0.350. The quantitative estimate of drug-likeness (QED) is 0.686. The summed E-state index contributed by atoms with van der Waals surface area (Å²) in [4.78, 5) is 23.9. The number of halogens is 3. The maximum atomic E-state index is 13.4. The van der Waals surface area contributed by atoms with E-state index in [0.717, 1.165) is 19.0 Å². The number of carbonyl (C=O) groups is 1. The number of alkyl halides is 3. The number of likely N-dealkylation sites (tertiary alicyclic amines) is 1. The lowest BCUT2D eigenvalue weighted by molar-refractivity contribution is -0.141. The lowest BCUT2D eigenvalue weighted by atomic mass is 10.0. The first kappa shape index (κ1) is 19.5. The van der Waals surface area contributed by atoms with Crippen LogP contribution in [0.15, 0.2) is 49.1 Å². The zero-order valence-corrected chi connectivity index (χ0v) is 16.2. The summed E-state index contributed by atoms with van der Waals surface area (Å²) in [5.41, 5.74) is 0.0596.